The number of likely N-dealkylation sites (tertiary alicyclic amines) is 1. The second-order valence-corrected chi connectivity index (χ2v) is 5.98. The Hall–Kier alpha value is -1.37. The van der Waals surface area contributed by atoms with Crippen LogP contribution in [0.1, 0.15) is 38.3 Å². The summed E-state index contributed by atoms with van der Waals surface area (Å²) in [6, 6.07) is 13.4. The van der Waals surface area contributed by atoms with Crippen molar-refractivity contribution < 1.29 is 0 Å². The van der Waals surface area contributed by atoms with Crippen molar-refractivity contribution in [2.75, 3.05) is 19.6 Å². The molecule has 1 fully saturated rings. The first-order valence-corrected chi connectivity index (χ1v) is 7.60. The fourth-order valence-corrected chi connectivity index (χ4v) is 2.89. The fraction of sp³-hybridized carbons (Fsp3) is 0.588. The van der Waals surface area contributed by atoms with E-state index in [0.29, 0.717) is 18.4 Å². The third-order valence-corrected chi connectivity index (χ3v) is 4.20. The number of rotatable bonds is 6. The van der Waals surface area contributed by atoms with Crippen LogP contribution >= 0.6 is 0 Å². The molecule has 20 heavy (non-hydrogen) atoms. The van der Waals surface area contributed by atoms with E-state index in [4.69, 9.17) is 5.26 Å². The monoisotopic (exact) mass is 271 g/mol. The van der Waals surface area contributed by atoms with Crippen molar-refractivity contribution in [3.63, 3.8) is 0 Å². The molecular formula is C17H25N3. The molecular weight excluding hydrogens is 246 g/mol. The Balaban J connectivity index is 1.86. The van der Waals surface area contributed by atoms with Gasteiger partial charge in [-0.05, 0) is 44.8 Å². The van der Waals surface area contributed by atoms with E-state index < -0.39 is 0 Å². The molecule has 0 radical (unpaired) electrons. The number of nitrogens with one attached hydrogen (secondary N) is 1. The lowest BCUT2D eigenvalue weighted by atomic mass is 10.0. The van der Waals surface area contributed by atoms with Gasteiger partial charge in [0, 0.05) is 18.6 Å². The Morgan fingerprint density at radius 3 is 2.70 bits per heavy atom. The quantitative estimate of drug-likeness (QED) is 0.864. The molecule has 1 aliphatic heterocycles. The third kappa shape index (κ3) is 4.06. The average molecular weight is 271 g/mol. The molecule has 1 heterocycles. The van der Waals surface area contributed by atoms with Crippen LogP contribution in [0.2, 0.25) is 0 Å². The SMILES string of the molecule is CC(C)N1CCC(CNC(CC#N)c2ccccc2)C1. The first kappa shape index (κ1) is 15.0. The van der Waals surface area contributed by atoms with Crippen LogP contribution < -0.4 is 5.32 Å². The van der Waals surface area contributed by atoms with Crippen molar-refractivity contribution in [2.45, 2.75) is 38.8 Å². The van der Waals surface area contributed by atoms with Gasteiger partial charge >= 0.3 is 0 Å². The van der Waals surface area contributed by atoms with Gasteiger partial charge in [-0.2, -0.15) is 5.26 Å². The number of nitriles is 1. The first-order valence-electron chi connectivity index (χ1n) is 7.60. The van der Waals surface area contributed by atoms with Crippen LogP contribution in [0, 0.1) is 17.2 Å². The molecule has 1 N–H and O–H groups in total. The summed E-state index contributed by atoms with van der Waals surface area (Å²) < 4.78 is 0. The normalized spacial score (nSPS) is 21.0. The molecule has 0 saturated carbocycles. The molecule has 0 aliphatic carbocycles. The number of benzene rings is 1. The Bertz CT molecular complexity index is 435. The van der Waals surface area contributed by atoms with E-state index >= 15 is 0 Å². The van der Waals surface area contributed by atoms with Crippen molar-refractivity contribution in [1.82, 2.24) is 10.2 Å². The van der Waals surface area contributed by atoms with E-state index in [-0.39, 0.29) is 6.04 Å². The van der Waals surface area contributed by atoms with Gasteiger partial charge in [-0.3, -0.25) is 0 Å². The van der Waals surface area contributed by atoms with Gasteiger partial charge in [0.05, 0.1) is 12.5 Å². The van der Waals surface area contributed by atoms with Crippen molar-refractivity contribution in [3.8, 4) is 6.07 Å². The average Bonchev–Trinajstić information content (AvgIpc) is 2.93. The second-order valence-electron chi connectivity index (χ2n) is 5.98. The van der Waals surface area contributed by atoms with Crippen molar-refractivity contribution in [2.24, 2.45) is 5.92 Å². The number of hydrogen-bond donors (Lipinski definition) is 1. The highest BCUT2D eigenvalue weighted by Crippen LogP contribution is 2.20. The zero-order valence-corrected chi connectivity index (χ0v) is 12.5. The summed E-state index contributed by atoms with van der Waals surface area (Å²) in [5.74, 6) is 0.710. The molecule has 0 amide bonds. The van der Waals surface area contributed by atoms with Gasteiger partial charge in [-0.25, -0.2) is 0 Å². The van der Waals surface area contributed by atoms with Crippen LogP contribution in [0.3, 0.4) is 0 Å². The van der Waals surface area contributed by atoms with Crippen LogP contribution in [0.25, 0.3) is 0 Å². The van der Waals surface area contributed by atoms with E-state index in [1.807, 2.05) is 18.2 Å². The maximum Gasteiger partial charge on any atom is 0.0641 e. The zero-order chi connectivity index (χ0) is 14.4. The van der Waals surface area contributed by atoms with Crippen LogP contribution in [-0.2, 0) is 0 Å². The lowest BCUT2D eigenvalue weighted by molar-refractivity contribution is 0.262. The van der Waals surface area contributed by atoms with Gasteiger partial charge in [-0.1, -0.05) is 30.3 Å². The third-order valence-electron chi connectivity index (χ3n) is 4.20. The predicted molar refractivity (Wildman–Crippen MR) is 82.2 cm³/mol. The molecule has 1 aromatic carbocycles. The number of nitrogens with zero attached hydrogens (tertiary/aromatic N) is 2. The maximum absolute atomic E-state index is 9.01. The van der Waals surface area contributed by atoms with Gasteiger partial charge in [0.2, 0.25) is 0 Å². The summed E-state index contributed by atoms with van der Waals surface area (Å²) in [5.41, 5.74) is 1.22. The predicted octanol–water partition coefficient (Wildman–Crippen LogP) is 2.96. The Kier molecular flexibility index (Phi) is 5.58. The summed E-state index contributed by atoms with van der Waals surface area (Å²) in [5, 5.41) is 12.6. The van der Waals surface area contributed by atoms with Crippen LogP contribution in [0.5, 0.6) is 0 Å². The van der Waals surface area contributed by atoms with Gasteiger partial charge in [-0.15, -0.1) is 0 Å². The minimum absolute atomic E-state index is 0.161. The topological polar surface area (TPSA) is 39.1 Å². The van der Waals surface area contributed by atoms with Crippen LogP contribution in [-0.4, -0.2) is 30.6 Å². The Morgan fingerprint density at radius 2 is 2.10 bits per heavy atom. The molecule has 1 aliphatic rings. The summed E-state index contributed by atoms with van der Waals surface area (Å²) in [6.07, 6.45) is 1.80. The lowest BCUT2D eigenvalue weighted by Crippen LogP contribution is -2.32. The molecule has 2 atom stereocenters. The van der Waals surface area contributed by atoms with E-state index in [1.165, 1.54) is 25.1 Å². The van der Waals surface area contributed by atoms with Crippen LogP contribution in [0.4, 0.5) is 0 Å². The fourth-order valence-electron chi connectivity index (χ4n) is 2.89. The first-order chi connectivity index (χ1) is 9.70. The summed E-state index contributed by atoms with van der Waals surface area (Å²) in [4.78, 5) is 2.54. The molecule has 0 aromatic heterocycles. The highest BCUT2D eigenvalue weighted by Gasteiger charge is 2.24. The van der Waals surface area contributed by atoms with E-state index in [2.05, 4.69) is 42.3 Å². The highest BCUT2D eigenvalue weighted by atomic mass is 15.2. The largest absolute Gasteiger partial charge is 0.309 e. The van der Waals surface area contributed by atoms with E-state index in [9.17, 15) is 0 Å². The van der Waals surface area contributed by atoms with Gasteiger partial charge < -0.3 is 10.2 Å². The molecule has 0 spiro atoms. The summed E-state index contributed by atoms with van der Waals surface area (Å²) in [7, 11) is 0. The molecule has 2 rings (SSSR count). The summed E-state index contributed by atoms with van der Waals surface area (Å²) in [6.45, 7) is 7.91. The van der Waals surface area contributed by atoms with Gasteiger partial charge in [0.25, 0.3) is 0 Å². The van der Waals surface area contributed by atoms with E-state index in [0.717, 1.165) is 6.54 Å². The summed E-state index contributed by atoms with van der Waals surface area (Å²) >= 11 is 0. The standard InChI is InChI=1S/C17H25N3/c1-14(2)20-11-9-15(13-20)12-19-17(8-10-18)16-6-4-3-5-7-16/h3-7,14-15,17,19H,8-9,11-13H2,1-2H3. The van der Waals surface area contributed by atoms with E-state index in [1.54, 1.807) is 0 Å². The minimum Gasteiger partial charge on any atom is -0.309 e. The zero-order valence-electron chi connectivity index (χ0n) is 12.5. The van der Waals surface area contributed by atoms with Crippen LogP contribution in [0.15, 0.2) is 30.3 Å². The Labute approximate surface area is 122 Å². The second kappa shape index (κ2) is 7.42. The smallest absolute Gasteiger partial charge is 0.0641 e. The molecule has 108 valence electrons. The molecule has 0 bridgehead atoms. The van der Waals surface area contributed by atoms with Crippen molar-refractivity contribution in [3.05, 3.63) is 35.9 Å². The van der Waals surface area contributed by atoms with Gasteiger partial charge in [0.15, 0.2) is 0 Å². The minimum atomic E-state index is 0.161. The molecule has 1 aromatic rings. The molecule has 1 saturated heterocycles. The lowest BCUT2D eigenvalue weighted by Gasteiger charge is -2.22. The van der Waals surface area contributed by atoms with Crippen molar-refractivity contribution >= 4 is 0 Å². The molecule has 3 nitrogen and oxygen atoms in total. The van der Waals surface area contributed by atoms with Gasteiger partial charge in [0.1, 0.15) is 0 Å². The van der Waals surface area contributed by atoms with Crippen molar-refractivity contribution in [1.29, 1.82) is 5.26 Å². The highest BCUT2D eigenvalue weighted by molar-refractivity contribution is 5.19. The Morgan fingerprint density at radius 1 is 1.35 bits per heavy atom. The maximum atomic E-state index is 9.01. The number of hydrogen-bond acceptors (Lipinski definition) is 3. The molecule has 2 unspecified atom stereocenters. The molecule has 3 heteroatoms.